The Morgan fingerprint density at radius 3 is 0.952 bits per heavy atom. The fraction of sp³-hybridized carbons (Fsp3) is 0.807. The quantitative estimate of drug-likeness (QED) is 0.0262. The molecular weight excluding hydrogens is 781 g/mol. The smallest absolute Gasteiger partial charge is 0.306 e. The van der Waals surface area contributed by atoms with Gasteiger partial charge in [-0.15, -0.1) is 0 Å². The molecule has 0 amide bonds. The van der Waals surface area contributed by atoms with Crippen LogP contribution >= 0.6 is 0 Å². The van der Waals surface area contributed by atoms with Gasteiger partial charge in [0.1, 0.15) is 13.2 Å². The Hall–Kier alpha value is -2.63. The van der Waals surface area contributed by atoms with Gasteiger partial charge in [0.25, 0.3) is 0 Å². The third-order valence-corrected chi connectivity index (χ3v) is 11.8. The van der Waals surface area contributed by atoms with Crippen LogP contribution in [0.5, 0.6) is 0 Å². The monoisotopic (exact) mass is 883 g/mol. The van der Waals surface area contributed by atoms with Crippen LogP contribution in [0.25, 0.3) is 0 Å². The second-order valence-corrected chi connectivity index (χ2v) is 18.1. The van der Waals surface area contributed by atoms with Gasteiger partial charge in [-0.1, -0.05) is 230 Å². The maximum Gasteiger partial charge on any atom is 0.306 e. The summed E-state index contributed by atoms with van der Waals surface area (Å²) in [4.78, 5) is 38.0. The number of esters is 3. The number of allylic oxidation sites excluding steroid dienone is 8. The molecule has 0 heterocycles. The van der Waals surface area contributed by atoms with Gasteiger partial charge in [0.05, 0.1) is 0 Å². The molecule has 0 saturated carbocycles. The SMILES string of the molecule is CCCC/C=C\C/C=C\CCCCCCCC(=O)OC(COC(=O)CCCCCCCCCCC/C=C\C/C=C\CCCCC)COC(=O)CCCCCCCCCCCCCC. The molecule has 63 heavy (non-hydrogen) atoms. The van der Waals surface area contributed by atoms with Crippen molar-refractivity contribution in [2.24, 2.45) is 0 Å². The number of carbonyl (C=O) groups excluding carboxylic acids is 3. The van der Waals surface area contributed by atoms with Crippen molar-refractivity contribution in [2.75, 3.05) is 13.2 Å². The summed E-state index contributed by atoms with van der Waals surface area (Å²) in [6, 6.07) is 0. The van der Waals surface area contributed by atoms with Crippen molar-refractivity contribution < 1.29 is 28.6 Å². The van der Waals surface area contributed by atoms with E-state index in [9.17, 15) is 14.4 Å². The zero-order valence-corrected chi connectivity index (χ0v) is 41.8. The molecule has 0 radical (unpaired) electrons. The summed E-state index contributed by atoms with van der Waals surface area (Å²) in [5, 5.41) is 0. The molecule has 1 atom stereocenters. The molecule has 366 valence electrons. The van der Waals surface area contributed by atoms with E-state index in [1.807, 2.05) is 0 Å². The Kier molecular flexibility index (Phi) is 49.8. The fourth-order valence-electron chi connectivity index (χ4n) is 7.67. The molecule has 0 aromatic rings. The minimum absolute atomic E-state index is 0.0777. The highest BCUT2D eigenvalue weighted by Crippen LogP contribution is 2.15. The summed E-state index contributed by atoms with van der Waals surface area (Å²) >= 11 is 0. The molecule has 0 bridgehead atoms. The second-order valence-electron chi connectivity index (χ2n) is 18.1. The predicted octanol–water partition coefficient (Wildman–Crippen LogP) is 17.9. The van der Waals surface area contributed by atoms with Crippen LogP contribution in [0.15, 0.2) is 48.6 Å². The van der Waals surface area contributed by atoms with E-state index in [-0.39, 0.29) is 31.1 Å². The van der Waals surface area contributed by atoms with E-state index in [1.165, 1.54) is 148 Å². The average molecular weight is 883 g/mol. The number of hydrogen-bond acceptors (Lipinski definition) is 6. The maximum atomic E-state index is 12.8. The molecule has 6 heteroatoms. The number of hydrogen-bond donors (Lipinski definition) is 0. The first-order chi connectivity index (χ1) is 31.0. The summed E-state index contributed by atoms with van der Waals surface area (Å²) in [7, 11) is 0. The van der Waals surface area contributed by atoms with Crippen molar-refractivity contribution >= 4 is 17.9 Å². The van der Waals surface area contributed by atoms with E-state index in [2.05, 4.69) is 69.4 Å². The van der Waals surface area contributed by atoms with Crippen molar-refractivity contribution in [3.8, 4) is 0 Å². The Morgan fingerprint density at radius 1 is 0.317 bits per heavy atom. The van der Waals surface area contributed by atoms with E-state index in [0.717, 1.165) is 89.9 Å². The molecule has 0 aromatic carbocycles. The van der Waals surface area contributed by atoms with E-state index in [1.54, 1.807) is 0 Å². The lowest BCUT2D eigenvalue weighted by Crippen LogP contribution is -2.30. The van der Waals surface area contributed by atoms with Gasteiger partial charge in [0.15, 0.2) is 6.10 Å². The van der Waals surface area contributed by atoms with Gasteiger partial charge in [0, 0.05) is 19.3 Å². The standard InChI is InChI=1S/C57H102O6/c1-4-7-10-13-16-19-22-25-27-28-29-30-31-33-35-38-41-44-47-50-56(59)62-53-54(52-61-55(58)49-46-43-40-37-34-24-21-18-15-12-9-6-3)63-57(60)51-48-45-42-39-36-32-26-23-20-17-14-11-8-5-2/h14,16-17,19,23,25-27,54H,4-13,15,18,20-22,24,28-53H2,1-3H3/b17-14-,19-16-,26-23-,27-25-. The van der Waals surface area contributed by atoms with Crippen molar-refractivity contribution in [3.63, 3.8) is 0 Å². The highest BCUT2D eigenvalue weighted by Gasteiger charge is 2.19. The largest absolute Gasteiger partial charge is 0.462 e. The van der Waals surface area contributed by atoms with E-state index in [4.69, 9.17) is 14.2 Å². The van der Waals surface area contributed by atoms with Crippen LogP contribution in [0.4, 0.5) is 0 Å². The molecule has 0 spiro atoms. The second kappa shape index (κ2) is 52.0. The van der Waals surface area contributed by atoms with Gasteiger partial charge in [0.2, 0.25) is 0 Å². The molecule has 0 aliphatic rings. The summed E-state index contributed by atoms with van der Waals surface area (Å²) in [5.74, 6) is -0.887. The van der Waals surface area contributed by atoms with E-state index >= 15 is 0 Å². The van der Waals surface area contributed by atoms with Crippen LogP contribution in [-0.4, -0.2) is 37.2 Å². The van der Waals surface area contributed by atoms with Gasteiger partial charge in [-0.05, 0) is 77.0 Å². The van der Waals surface area contributed by atoms with Crippen molar-refractivity contribution in [3.05, 3.63) is 48.6 Å². The zero-order valence-electron chi connectivity index (χ0n) is 41.8. The lowest BCUT2D eigenvalue weighted by atomic mass is 10.0. The highest BCUT2D eigenvalue weighted by molar-refractivity contribution is 5.71. The third-order valence-electron chi connectivity index (χ3n) is 11.8. The topological polar surface area (TPSA) is 78.9 Å². The number of unbranched alkanes of at least 4 members (excludes halogenated alkanes) is 30. The summed E-state index contributed by atoms with van der Waals surface area (Å²) in [6.45, 7) is 6.57. The Labute approximate surface area is 390 Å². The first kappa shape index (κ1) is 60.4. The minimum Gasteiger partial charge on any atom is -0.462 e. The van der Waals surface area contributed by atoms with Crippen LogP contribution in [-0.2, 0) is 28.6 Å². The predicted molar refractivity (Wildman–Crippen MR) is 270 cm³/mol. The van der Waals surface area contributed by atoms with Crippen molar-refractivity contribution in [2.45, 2.75) is 284 Å². The average Bonchev–Trinajstić information content (AvgIpc) is 3.28. The Morgan fingerprint density at radius 2 is 0.587 bits per heavy atom. The first-order valence-corrected chi connectivity index (χ1v) is 27.1. The third kappa shape index (κ3) is 50.2. The molecule has 6 nitrogen and oxygen atoms in total. The minimum atomic E-state index is -0.779. The van der Waals surface area contributed by atoms with Crippen LogP contribution in [0, 0.1) is 0 Å². The van der Waals surface area contributed by atoms with Crippen molar-refractivity contribution in [1.29, 1.82) is 0 Å². The lowest BCUT2D eigenvalue weighted by Gasteiger charge is -2.18. The van der Waals surface area contributed by atoms with Gasteiger partial charge in [-0.25, -0.2) is 0 Å². The lowest BCUT2D eigenvalue weighted by molar-refractivity contribution is -0.167. The molecular formula is C57H102O6. The maximum absolute atomic E-state index is 12.8. The van der Waals surface area contributed by atoms with Crippen LogP contribution in [0.2, 0.25) is 0 Å². The van der Waals surface area contributed by atoms with Crippen molar-refractivity contribution in [1.82, 2.24) is 0 Å². The summed E-state index contributed by atoms with van der Waals surface area (Å²) in [6.07, 6.45) is 62.3. The molecule has 0 N–H and O–H groups in total. The van der Waals surface area contributed by atoms with Gasteiger partial charge < -0.3 is 14.2 Å². The first-order valence-electron chi connectivity index (χ1n) is 27.1. The van der Waals surface area contributed by atoms with Crippen LogP contribution in [0.3, 0.4) is 0 Å². The molecule has 0 rings (SSSR count). The zero-order chi connectivity index (χ0) is 45.8. The normalized spacial score (nSPS) is 12.4. The van der Waals surface area contributed by atoms with Gasteiger partial charge in [-0.3, -0.25) is 14.4 Å². The van der Waals surface area contributed by atoms with Crippen LogP contribution in [0.1, 0.15) is 278 Å². The highest BCUT2D eigenvalue weighted by atomic mass is 16.6. The summed E-state index contributed by atoms with van der Waals surface area (Å²) in [5.41, 5.74) is 0. The van der Waals surface area contributed by atoms with E-state index in [0.29, 0.717) is 19.3 Å². The Bertz CT molecular complexity index is 1110. The number of rotatable bonds is 49. The molecule has 0 aliphatic heterocycles. The summed E-state index contributed by atoms with van der Waals surface area (Å²) < 4.78 is 16.8. The van der Waals surface area contributed by atoms with Gasteiger partial charge in [-0.2, -0.15) is 0 Å². The fourth-order valence-corrected chi connectivity index (χ4v) is 7.67. The number of ether oxygens (including phenoxy) is 3. The van der Waals surface area contributed by atoms with E-state index < -0.39 is 6.10 Å². The molecule has 1 unspecified atom stereocenters. The molecule has 0 saturated heterocycles. The number of carbonyl (C=O) groups is 3. The molecule has 0 aromatic heterocycles. The Balaban J connectivity index is 4.34. The molecule has 0 aliphatic carbocycles. The molecule has 0 fully saturated rings. The van der Waals surface area contributed by atoms with Crippen LogP contribution < -0.4 is 0 Å². The van der Waals surface area contributed by atoms with Gasteiger partial charge >= 0.3 is 17.9 Å².